The van der Waals surface area contributed by atoms with Gasteiger partial charge in [-0.25, -0.2) is 0 Å². The van der Waals surface area contributed by atoms with Crippen molar-refractivity contribution in [3.63, 3.8) is 0 Å². The Morgan fingerprint density at radius 1 is 1.57 bits per heavy atom. The summed E-state index contributed by atoms with van der Waals surface area (Å²) in [5.74, 6) is 0. The maximum atomic E-state index is 8.38. The Morgan fingerprint density at radius 3 is 2.00 bits per heavy atom. The maximum absolute atomic E-state index is 8.38. The van der Waals surface area contributed by atoms with Crippen LogP contribution in [-0.2, 0) is 21.8 Å². The van der Waals surface area contributed by atoms with E-state index in [0.29, 0.717) is 0 Å². The summed E-state index contributed by atoms with van der Waals surface area (Å²) >= 11 is 5.17. The molecule has 0 aliphatic rings. The van der Waals surface area contributed by atoms with Crippen LogP contribution in [0, 0.1) is 0 Å². The van der Waals surface area contributed by atoms with Crippen LogP contribution in [0.2, 0.25) is 0 Å². The van der Waals surface area contributed by atoms with Crippen molar-refractivity contribution in [2.45, 2.75) is 0 Å². The van der Waals surface area contributed by atoms with Gasteiger partial charge in [0.15, 0.2) is 0 Å². The molecule has 0 saturated carbocycles. The van der Waals surface area contributed by atoms with Gasteiger partial charge in [-0.3, -0.25) is 0 Å². The monoisotopic (exact) mass is 168 g/mol. The molecule has 0 fully saturated rings. The fourth-order valence-corrected chi connectivity index (χ4v) is 0.154. The van der Waals surface area contributed by atoms with E-state index in [1.54, 1.807) is 12.2 Å². The summed E-state index contributed by atoms with van der Waals surface area (Å²) < 4.78 is 8.38. The van der Waals surface area contributed by atoms with Crippen LogP contribution in [0.1, 0.15) is 0 Å². The molecule has 0 aliphatic heterocycles. The molecule has 1 nitrogen and oxygen atoms in total. The molecule has 0 amide bonds. The van der Waals surface area contributed by atoms with Crippen LogP contribution in [0.15, 0.2) is 24.3 Å². The average molecular weight is 170 g/mol. The first-order chi connectivity index (χ1) is 3.41. The van der Waals surface area contributed by atoms with E-state index in [4.69, 9.17) is 15.2 Å². The molecule has 0 aliphatic carbocycles. The third-order valence-corrected chi connectivity index (χ3v) is 0.354. The number of rotatable bonds is 1. The van der Waals surface area contributed by atoms with Crippen LogP contribution in [0.4, 0.5) is 0 Å². The van der Waals surface area contributed by atoms with E-state index in [9.17, 15) is 0 Å². The van der Waals surface area contributed by atoms with Gasteiger partial charge in [0.25, 0.3) is 0 Å². The third-order valence-electron chi connectivity index (χ3n) is 0.209. The van der Waals surface area contributed by atoms with Crippen molar-refractivity contribution in [2.75, 3.05) is 0 Å². The molecule has 0 bridgehead atoms. The Kier molecular flexibility index (Phi) is 23.9. The van der Waals surface area contributed by atoms with Gasteiger partial charge >= 0.3 is 21.8 Å². The van der Waals surface area contributed by atoms with E-state index in [1.807, 2.05) is 0 Å². The van der Waals surface area contributed by atoms with Crippen molar-refractivity contribution in [3.05, 3.63) is 24.3 Å². The zero-order chi connectivity index (χ0) is 6.12. The van der Waals surface area contributed by atoms with Crippen molar-refractivity contribution in [1.82, 2.24) is 0 Å². The molecule has 0 heterocycles. The van der Waals surface area contributed by atoms with Crippen molar-refractivity contribution < 1.29 is 21.8 Å². The van der Waals surface area contributed by atoms with Crippen molar-refractivity contribution in [2.24, 2.45) is 0 Å². The van der Waals surface area contributed by atoms with Gasteiger partial charge in [-0.05, 0) is 0 Å². The van der Waals surface area contributed by atoms with E-state index < -0.39 is 0 Å². The summed E-state index contributed by atoms with van der Waals surface area (Å²) in [7, 11) is 0. The van der Waals surface area contributed by atoms with Gasteiger partial charge in [-0.2, -0.15) is 0 Å². The molecule has 0 aromatic carbocycles. The Labute approximate surface area is 58.0 Å². The van der Waals surface area contributed by atoms with Crippen molar-refractivity contribution >= 4 is 11.6 Å². The minimum absolute atomic E-state index is 0.125. The zero-order valence-electron chi connectivity index (χ0n) is 3.93. The zero-order valence-corrected chi connectivity index (χ0v) is 7.66. The second-order valence-electron chi connectivity index (χ2n) is 0.554. The summed E-state index contributed by atoms with van der Waals surface area (Å²) in [6.07, 6.45) is 3.27. The summed E-state index contributed by atoms with van der Waals surface area (Å²) in [5, 5.41) is 0. The van der Waals surface area contributed by atoms with Gasteiger partial charge in [0, 0.05) is 5.54 Å². The molecule has 0 rings (SSSR count). The van der Waals surface area contributed by atoms with Gasteiger partial charge < -0.3 is 0 Å². The summed E-state index contributed by atoms with van der Waals surface area (Å²) in [6, 6.07) is 0. The van der Waals surface area contributed by atoms with Gasteiger partial charge in [0.2, 0.25) is 0 Å². The molecule has 36 valence electrons. The van der Waals surface area contributed by atoms with Gasteiger partial charge in [0.05, 0.1) is 0 Å². The average Bonchev–Trinajstić information content (AvgIpc) is 1.75. The SMILES string of the molecule is C=C/C=C/Cl.[O]=[Zn]. The predicted molar refractivity (Wildman–Crippen MR) is 25.9 cm³/mol. The Bertz CT molecular complexity index is 62.7. The molecular weight excluding hydrogens is 165 g/mol. The first kappa shape index (κ1) is 10.2. The van der Waals surface area contributed by atoms with E-state index in [2.05, 4.69) is 6.58 Å². The molecule has 0 radical (unpaired) electrons. The first-order valence-electron chi connectivity index (χ1n) is 1.58. The fraction of sp³-hybridized carbons (Fsp3) is 0. The summed E-state index contributed by atoms with van der Waals surface area (Å²) in [5.41, 5.74) is 1.41. The van der Waals surface area contributed by atoms with Crippen molar-refractivity contribution in [1.29, 1.82) is 0 Å². The van der Waals surface area contributed by atoms with Gasteiger partial charge in [0.1, 0.15) is 0 Å². The van der Waals surface area contributed by atoms with E-state index >= 15 is 0 Å². The van der Waals surface area contributed by atoms with Crippen LogP contribution in [0.25, 0.3) is 0 Å². The molecule has 0 spiro atoms. The van der Waals surface area contributed by atoms with Crippen molar-refractivity contribution in [3.8, 4) is 0 Å². The van der Waals surface area contributed by atoms with E-state index in [-0.39, 0.29) is 18.3 Å². The molecular formula is C4H5ClOZn. The second-order valence-corrected chi connectivity index (χ2v) is 0.806. The molecule has 0 saturated heterocycles. The number of hydrogen-bond donors (Lipinski definition) is 0. The van der Waals surface area contributed by atoms with E-state index in [1.165, 1.54) is 5.54 Å². The Hall–Kier alpha value is 0.193. The molecule has 3 heteroatoms. The molecule has 0 aromatic heterocycles. The van der Waals surface area contributed by atoms with Crippen LogP contribution in [-0.4, -0.2) is 0 Å². The quantitative estimate of drug-likeness (QED) is 0.433. The van der Waals surface area contributed by atoms with Gasteiger partial charge in [-0.15, -0.1) is 0 Å². The number of allylic oxidation sites excluding steroid dienone is 2. The molecule has 7 heavy (non-hydrogen) atoms. The predicted octanol–water partition coefficient (Wildman–Crippen LogP) is 1.80. The second kappa shape index (κ2) is 16.4. The normalized spacial score (nSPS) is 7.29. The van der Waals surface area contributed by atoms with Crippen LogP contribution >= 0.6 is 11.6 Å². The Balaban J connectivity index is 0. The molecule has 0 atom stereocenters. The topological polar surface area (TPSA) is 17.1 Å². The number of hydrogen-bond acceptors (Lipinski definition) is 1. The molecule has 0 aromatic rings. The molecule has 0 unspecified atom stereocenters. The summed E-state index contributed by atoms with van der Waals surface area (Å²) in [6.45, 7) is 3.38. The standard InChI is InChI=1S/C4H5Cl.O.Zn/c1-2-3-4-5;;/h2-4H,1H2;;/b4-3+;;. The van der Waals surface area contributed by atoms with Crippen LogP contribution in [0.5, 0.6) is 0 Å². The third kappa shape index (κ3) is 22.6. The van der Waals surface area contributed by atoms with Gasteiger partial charge in [-0.1, -0.05) is 30.3 Å². The Morgan fingerprint density at radius 2 is 2.00 bits per heavy atom. The first-order valence-corrected chi connectivity index (χ1v) is 3.23. The number of halogens is 1. The summed E-state index contributed by atoms with van der Waals surface area (Å²) in [4.78, 5) is 0. The molecule has 0 N–H and O–H groups in total. The van der Waals surface area contributed by atoms with Crippen LogP contribution in [0.3, 0.4) is 0 Å². The van der Waals surface area contributed by atoms with E-state index in [0.717, 1.165) is 0 Å². The fourth-order valence-electron chi connectivity index (χ4n) is 0.0514. The minimum atomic E-state index is 0.125. The van der Waals surface area contributed by atoms with Crippen LogP contribution < -0.4 is 0 Å².